The Labute approximate surface area is 134 Å². The molecule has 0 radical (unpaired) electrons. The fourth-order valence-corrected chi connectivity index (χ4v) is 3.01. The highest BCUT2D eigenvalue weighted by atomic mass is 35.5. The van der Waals surface area contributed by atoms with Gasteiger partial charge in [0.05, 0.1) is 28.2 Å². The fraction of sp³-hybridized carbons (Fsp3) is 0.0625. The molecule has 3 aromatic rings. The fourth-order valence-electron chi connectivity index (χ4n) is 2.73. The number of fused-ring (bicyclic) bond motifs is 2. The van der Waals surface area contributed by atoms with Crippen molar-refractivity contribution in [1.82, 2.24) is 9.88 Å². The minimum Gasteiger partial charge on any atom is -0.406 e. The number of rotatable bonds is 2. The van der Waals surface area contributed by atoms with Crippen LogP contribution in [-0.2, 0) is 6.54 Å². The second-order valence-electron chi connectivity index (χ2n) is 5.21. The summed E-state index contributed by atoms with van der Waals surface area (Å²) in [7, 11) is 0. The Balaban J connectivity index is 1.73. The largest absolute Gasteiger partial charge is 0.417 e. The minimum absolute atomic E-state index is 0.0647. The van der Waals surface area contributed by atoms with Gasteiger partial charge in [0.25, 0.3) is 11.8 Å². The van der Waals surface area contributed by atoms with E-state index in [0.717, 1.165) is 4.90 Å². The molecular weight excluding hydrogens is 320 g/mol. The molecule has 1 aliphatic rings. The third kappa shape index (κ3) is 2.07. The van der Waals surface area contributed by atoms with E-state index < -0.39 is 5.76 Å². The third-order valence-corrected chi connectivity index (χ3v) is 4.03. The number of H-pyrrole nitrogens is 1. The van der Waals surface area contributed by atoms with Gasteiger partial charge in [-0.25, -0.2) is 4.79 Å². The van der Waals surface area contributed by atoms with Gasteiger partial charge in [-0.1, -0.05) is 23.7 Å². The lowest BCUT2D eigenvalue weighted by Gasteiger charge is -2.14. The molecule has 0 saturated heterocycles. The number of benzene rings is 2. The quantitative estimate of drug-likeness (QED) is 0.733. The number of aromatic nitrogens is 1. The Morgan fingerprint density at radius 3 is 2.35 bits per heavy atom. The summed E-state index contributed by atoms with van der Waals surface area (Å²) >= 11 is 6.08. The molecule has 4 rings (SSSR count). The van der Waals surface area contributed by atoms with Crippen molar-refractivity contribution in [3.63, 3.8) is 0 Å². The Bertz CT molecular complexity index is 999. The summed E-state index contributed by atoms with van der Waals surface area (Å²) in [5.74, 6) is -1.30. The van der Waals surface area contributed by atoms with Gasteiger partial charge in [-0.3, -0.25) is 19.5 Å². The summed E-state index contributed by atoms with van der Waals surface area (Å²) in [4.78, 5) is 39.6. The smallest absolute Gasteiger partial charge is 0.406 e. The van der Waals surface area contributed by atoms with Crippen LogP contribution in [0.25, 0.3) is 11.1 Å². The molecule has 0 unspecified atom stereocenters. The zero-order valence-corrected chi connectivity index (χ0v) is 12.4. The molecule has 114 valence electrons. The number of halogens is 1. The van der Waals surface area contributed by atoms with Crippen LogP contribution in [0, 0.1) is 0 Å². The lowest BCUT2D eigenvalue weighted by Crippen LogP contribution is -2.29. The van der Waals surface area contributed by atoms with Crippen LogP contribution in [0.5, 0.6) is 0 Å². The number of carbonyl (C=O) groups excluding carboxylic acids is 2. The van der Waals surface area contributed by atoms with E-state index in [9.17, 15) is 14.4 Å². The van der Waals surface area contributed by atoms with Gasteiger partial charge in [-0.05, 0) is 29.8 Å². The molecule has 1 aromatic heterocycles. The monoisotopic (exact) mass is 328 g/mol. The number of hydrogen-bond donors (Lipinski definition) is 1. The molecule has 2 aromatic carbocycles. The first-order valence-electron chi connectivity index (χ1n) is 6.81. The van der Waals surface area contributed by atoms with Gasteiger partial charge in [0.1, 0.15) is 0 Å². The van der Waals surface area contributed by atoms with E-state index in [1.165, 1.54) is 0 Å². The molecule has 0 spiro atoms. The van der Waals surface area contributed by atoms with Gasteiger partial charge in [0.15, 0.2) is 5.58 Å². The van der Waals surface area contributed by atoms with E-state index in [-0.39, 0.29) is 29.0 Å². The highest BCUT2D eigenvalue weighted by Gasteiger charge is 2.35. The average molecular weight is 329 g/mol. The van der Waals surface area contributed by atoms with Crippen molar-refractivity contribution in [2.75, 3.05) is 0 Å². The maximum atomic E-state index is 12.4. The number of aromatic amines is 1. The Morgan fingerprint density at radius 2 is 1.70 bits per heavy atom. The SMILES string of the molecule is O=C1c2ccccc2C(=O)N1Cc1cc(Cl)c2oc(=O)[nH]c2c1. The number of imide groups is 1. The van der Waals surface area contributed by atoms with E-state index in [1.807, 2.05) is 0 Å². The van der Waals surface area contributed by atoms with Gasteiger partial charge in [-0.2, -0.15) is 0 Å². The molecule has 0 atom stereocenters. The predicted octanol–water partition coefficient (Wildman–Crippen LogP) is 2.57. The topological polar surface area (TPSA) is 83.4 Å². The van der Waals surface area contributed by atoms with E-state index in [2.05, 4.69) is 4.98 Å². The molecular formula is C16H9ClN2O4. The maximum Gasteiger partial charge on any atom is 0.417 e. The van der Waals surface area contributed by atoms with Crippen LogP contribution in [0.1, 0.15) is 26.3 Å². The Hall–Kier alpha value is -2.86. The second kappa shape index (κ2) is 4.82. The molecule has 0 bridgehead atoms. The van der Waals surface area contributed by atoms with Crippen molar-refractivity contribution in [2.24, 2.45) is 0 Å². The number of nitrogens with one attached hydrogen (secondary N) is 1. The van der Waals surface area contributed by atoms with Gasteiger partial charge >= 0.3 is 5.76 Å². The lowest BCUT2D eigenvalue weighted by atomic mass is 10.1. The molecule has 0 fully saturated rings. The Morgan fingerprint density at radius 1 is 1.04 bits per heavy atom. The summed E-state index contributed by atoms with van der Waals surface area (Å²) in [6.07, 6.45) is 0. The molecule has 1 aliphatic heterocycles. The summed E-state index contributed by atoms with van der Waals surface area (Å²) in [6, 6.07) is 9.89. The summed E-state index contributed by atoms with van der Waals surface area (Å²) in [6.45, 7) is 0.0647. The Kier molecular flexibility index (Phi) is 2.89. The molecule has 6 nitrogen and oxygen atoms in total. The van der Waals surface area contributed by atoms with E-state index in [0.29, 0.717) is 22.2 Å². The number of carbonyl (C=O) groups is 2. The van der Waals surface area contributed by atoms with Crippen LogP contribution in [-0.4, -0.2) is 21.7 Å². The summed E-state index contributed by atoms with van der Waals surface area (Å²) < 4.78 is 4.93. The molecule has 1 N–H and O–H groups in total. The number of oxazole rings is 1. The molecule has 23 heavy (non-hydrogen) atoms. The maximum absolute atomic E-state index is 12.4. The van der Waals surface area contributed by atoms with E-state index >= 15 is 0 Å². The summed E-state index contributed by atoms with van der Waals surface area (Å²) in [5, 5.41) is 0.243. The van der Waals surface area contributed by atoms with Crippen LogP contribution in [0.4, 0.5) is 0 Å². The van der Waals surface area contributed by atoms with Crippen molar-refractivity contribution in [2.45, 2.75) is 6.54 Å². The number of amides is 2. The molecule has 0 aliphatic carbocycles. The van der Waals surface area contributed by atoms with E-state index in [1.54, 1.807) is 36.4 Å². The van der Waals surface area contributed by atoms with Crippen LogP contribution in [0.15, 0.2) is 45.6 Å². The average Bonchev–Trinajstić information content (AvgIpc) is 3.01. The van der Waals surface area contributed by atoms with E-state index in [4.69, 9.17) is 16.0 Å². The zero-order chi connectivity index (χ0) is 16.1. The molecule has 0 saturated carbocycles. The third-order valence-electron chi connectivity index (χ3n) is 3.75. The van der Waals surface area contributed by atoms with Crippen molar-refractivity contribution >= 4 is 34.5 Å². The van der Waals surface area contributed by atoms with Crippen molar-refractivity contribution < 1.29 is 14.0 Å². The van der Waals surface area contributed by atoms with Gasteiger partial charge < -0.3 is 4.42 Å². The number of nitrogens with zero attached hydrogens (tertiary/aromatic N) is 1. The van der Waals surface area contributed by atoms with Crippen molar-refractivity contribution in [1.29, 1.82) is 0 Å². The lowest BCUT2D eigenvalue weighted by molar-refractivity contribution is 0.0642. The minimum atomic E-state index is -0.611. The zero-order valence-electron chi connectivity index (χ0n) is 11.6. The van der Waals surface area contributed by atoms with Crippen LogP contribution < -0.4 is 5.76 Å². The van der Waals surface area contributed by atoms with Crippen LogP contribution in [0.2, 0.25) is 5.02 Å². The first-order valence-corrected chi connectivity index (χ1v) is 7.19. The molecule has 2 heterocycles. The van der Waals surface area contributed by atoms with Crippen LogP contribution >= 0.6 is 11.6 Å². The highest BCUT2D eigenvalue weighted by Crippen LogP contribution is 2.27. The summed E-state index contributed by atoms with van der Waals surface area (Å²) in [5.41, 5.74) is 2.08. The number of hydrogen-bond acceptors (Lipinski definition) is 4. The van der Waals surface area contributed by atoms with Gasteiger partial charge in [0, 0.05) is 0 Å². The van der Waals surface area contributed by atoms with Gasteiger partial charge in [-0.15, -0.1) is 0 Å². The predicted molar refractivity (Wildman–Crippen MR) is 82.5 cm³/mol. The normalized spacial score (nSPS) is 13.9. The van der Waals surface area contributed by atoms with Gasteiger partial charge in [0.2, 0.25) is 0 Å². The van der Waals surface area contributed by atoms with Crippen LogP contribution in [0.3, 0.4) is 0 Å². The van der Waals surface area contributed by atoms with Crippen molar-refractivity contribution in [3.05, 3.63) is 68.7 Å². The first-order chi connectivity index (χ1) is 11.0. The highest BCUT2D eigenvalue weighted by molar-refractivity contribution is 6.34. The molecule has 7 heteroatoms. The first kappa shape index (κ1) is 13.8. The standard InChI is InChI=1S/C16H9ClN2O4/c17-11-5-8(6-12-13(11)23-16(22)18-12)7-19-14(20)9-3-1-2-4-10(9)15(19)21/h1-6H,7H2,(H,18,22). The van der Waals surface area contributed by atoms with Crippen molar-refractivity contribution in [3.8, 4) is 0 Å². The molecule has 2 amide bonds. The second-order valence-corrected chi connectivity index (χ2v) is 5.62.